The van der Waals surface area contributed by atoms with Crippen LogP contribution < -0.4 is 10.5 Å². The third-order valence-electron chi connectivity index (χ3n) is 2.78. The van der Waals surface area contributed by atoms with Crippen molar-refractivity contribution in [2.75, 3.05) is 4.72 Å². The molecule has 1 aromatic heterocycles. The summed E-state index contributed by atoms with van der Waals surface area (Å²) in [4.78, 5) is 1.12. The highest BCUT2D eigenvalue weighted by Crippen LogP contribution is 2.23. The molecule has 0 aliphatic rings. The fourth-order valence-corrected chi connectivity index (χ4v) is 4.00. The van der Waals surface area contributed by atoms with E-state index in [0.29, 0.717) is 12.2 Å². The van der Waals surface area contributed by atoms with E-state index >= 15 is 0 Å². The van der Waals surface area contributed by atoms with E-state index < -0.39 is 10.0 Å². The zero-order valence-electron chi connectivity index (χ0n) is 10.6. The van der Waals surface area contributed by atoms with Gasteiger partial charge in [-0.15, -0.1) is 11.3 Å². The average molecular weight is 296 g/mol. The lowest BCUT2D eigenvalue weighted by Crippen LogP contribution is -2.13. The van der Waals surface area contributed by atoms with E-state index in [1.165, 1.54) is 11.3 Å². The molecule has 102 valence electrons. The molecule has 0 fully saturated rings. The first-order valence-corrected chi connectivity index (χ1v) is 8.31. The average Bonchev–Trinajstić information content (AvgIpc) is 2.88. The number of rotatable bonds is 5. The second-order valence-electron chi connectivity index (χ2n) is 4.07. The maximum Gasteiger partial charge on any atom is 0.262 e. The molecule has 0 spiro atoms. The Morgan fingerprint density at radius 1 is 1.32 bits per heavy atom. The largest absolute Gasteiger partial charge is 0.326 e. The van der Waals surface area contributed by atoms with Gasteiger partial charge in [0.2, 0.25) is 0 Å². The first-order valence-electron chi connectivity index (χ1n) is 5.95. The van der Waals surface area contributed by atoms with Gasteiger partial charge in [-0.25, -0.2) is 8.42 Å². The number of hydrogen-bond acceptors (Lipinski definition) is 4. The van der Waals surface area contributed by atoms with Crippen LogP contribution in [0, 0.1) is 0 Å². The molecule has 0 bridgehead atoms. The summed E-state index contributed by atoms with van der Waals surface area (Å²) in [5.41, 5.74) is 7.10. The van der Waals surface area contributed by atoms with Gasteiger partial charge in [0.15, 0.2) is 0 Å². The summed E-state index contributed by atoms with van der Waals surface area (Å²) < 4.78 is 27.1. The third kappa shape index (κ3) is 3.15. The van der Waals surface area contributed by atoms with Crippen molar-refractivity contribution in [3.8, 4) is 0 Å². The normalized spacial score (nSPS) is 11.5. The second-order valence-corrected chi connectivity index (χ2v) is 6.75. The van der Waals surface area contributed by atoms with Crippen LogP contribution in [0.5, 0.6) is 0 Å². The number of anilines is 1. The van der Waals surface area contributed by atoms with Gasteiger partial charge in [0.05, 0.1) is 10.6 Å². The molecule has 0 unspecified atom stereocenters. The Morgan fingerprint density at radius 3 is 2.68 bits per heavy atom. The van der Waals surface area contributed by atoms with Crippen molar-refractivity contribution in [1.82, 2.24) is 0 Å². The van der Waals surface area contributed by atoms with Gasteiger partial charge in [0, 0.05) is 16.8 Å². The zero-order chi connectivity index (χ0) is 13.9. The minimum atomic E-state index is -3.53. The number of aryl methyl sites for hydroxylation is 1. The number of nitrogens with two attached hydrogens (primary N) is 1. The van der Waals surface area contributed by atoms with Gasteiger partial charge in [0.1, 0.15) is 0 Å². The summed E-state index contributed by atoms with van der Waals surface area (Å²) in [6.07, 6.45) is 0.774. The Balaban J connectivity index is 2.31. The quantitative estimate of drug-likeness (QED) is 0.890. The molecule has 3 N–H and O–H groups in total. The van der Waals surface area contributed by atoms with E-state index in [4.69, 9.17) is 5.73 Å². The summed E-state index contributed by atoms with van der Waals surface area (Å²) in [6, 6.07) is 9.01. The lowest BCUT2D eigenvalue weighted by atomic mass is 10.1. The van der Waals surface area contributed by atoms with Crippen molar-refractivity contribution in [2.24, 2.45) is 5.73 Å². The minimum Gasteiger partial charge on any atom is -0.326 e. The Hall–Kier alpha value is -1.37. The molecule has 19 heavy (non-hydrogen) atoms. The topological polar surface area (TPSA) is 72.2 Å². The van der Waals surface area contributed by atoms with E-state index in [-0.39, 0.29) is 4.90 Å². The Bertz CT molecular complexity index is 663. The summed E-state index contributed by atoms with van der Waals surface area (Å²) in [6.45, 7) is 2.34. The molecule has 0 radical (unpaired) electrons. The number of para-hydroxylation sites is 1. The van der Waals surface area contributed by atoms with E-state index in [9.17, 15) is 8.42 Å². The molecule has 0 aliphatic carbocycles. The summed E-state index contributed by atoms with van der Waals surface area (Å²) in [5.74, 6) is 0. The predicted octanol–water partition coefficient (Wildman–Crippen LogP) is 2.57. The highest BCUT2D eigenvalue weighted by Gasteiger charge is 2.17. The fraction of sp³-hybridized carbons (Fsp3) is 0.231. The van der Waals surface area contributed by atoms with Gasteiger partial charge in [-0.2, -0.15) is 0 Å². The van der Waals surface area contributed by atoms with Gasteiger partial charge in [-0.05, 0) is 24.1 Å². The van der Waals surface area contributed by atoms with Gasteiger partial charge in [-0.1, -0.05) is 25.1 Å². The molecule has 0 saturated heterocycles. The van der Waals surface area contributed by atoms with Crippen LogP contribution in [0.1, 0.15) is 17.4 Å². The van der Waals surface area contributed by atoms with Crippen LogP contribution in [0.2, 0.25) is 0 Å². The molecule has 1 heterocycles. The maximum absolute atomic E-state index is 12.3. The predicted molar refractivity (Wildman–Crippen MR) is 78.8 cm³/mol. The molecule has 0 atom stereocenters. The van der Waals surface area contributed by atoms with Crippen LogP contribution in [0.15, 0.2) is 40.6 Å². The van der Waals surface area contributed by atoms with Crippen LogP contribution in [-0.2, 0) is 23.0 Å². The van der Waals surface area contributed by atoms with E-state index in [1.807, 2.05) is 25.1 Å². The van der Waals surface area contributed by atoms with Crippen LogP contribution in [0.3, 0.4) is 0 Å². The summed E-state index contributed by atoms with van der Waals surface area (Å²) in [7, 11) is -3.53. The van der Waals surface area contributed by atoms with Crippen molar-refractivity contribution in [2.45, 2.75) is 24.8 Å². The molecule has 1 aromatic carbocycles. The van der Waals surface area contributed by atoms with Gasteiger partial charge in [0.25, 0.3) is 10.0 Å². The molecule has 0 aliphatic heterocycles. The highest BCUT2D eigenvalue weighted by atomic mass is 32.2. The van der Waals surface area contributed by atoms with E-state index in [2.05, 4.69) is 4.72 Å². The van der Waals surface area contributed by atoms with Crippen LogP contribution in [0.25, 0.3) is 0 Å². The van der Waals surface area contributed by atoms with E-state index in [1.54, 1.807) is 17.5 Å². The molecule has 6 heteroatoms. The molecular weight excluding hydrogens is 280 g/mol. The molecule has 2 rings (SSSR count). The maximum atomic E-state index is 12.3. The fourth-order valence-electron chi connectivity index (χ4n) is 1.74. The van der Waals surface area contributed by atoms with Crippen molar-refractivity contribution >= 4 is 27.0 Å². The molecule has 0 amide bonds. The SMILES string of the molecule is CCc1ccccc1NS(=O)(=O)c1csc(CN)c1. The van der Waals surface area contributed by atoms with Gasteiger partial charge >= 0.3 is 0 Å². The third-order valence-corrected chi connectivity index (χ3v) is 5.24. The lowest BCUT2D eigenvalue weighted by Gasteiger charge is -2.10. The zero-order valence-corrected chi connectivity index (χ0v) is 12.2. The summed E-state index contributed by atoms with van der Waals surface area (Å²) in [5, 5.41) is 1.61. The van der Waals surface area contributed by atoms with E-state index in [0.717, 1.165) is 16.9 Å². The Kier molecular flexibility index (Phi) is 4.24. The first kappa shape index (κ1) is 14.0. The monoisotopic (exact) mass is 296 g/mol. The van der Waals surface area contributed by atoms with Crippen LogP contribution in [0.4, 0.5) is 5.69 Å². The van der Waals surface area contributed by atoms with Gasteiger partial charge < -0.3 is 5.73 Å². The number of hydrogen-bond donors (Lipinski definition) is 2. The smallest absolute Gasteiger partial charge is 0.262 e. The molecule has 4 nitrogen and oxygen atoms in total. The first-order chi connectivity index (χ1) is 9.06. The number of nitrogens with one attached hydrogen (secondary N) is 1. The molecule has 2 aromatic rings. The van der Waals surface area contributed by atoms with Crippen molar-refractivity contribution in [3.63, 3.8) is 0 Å². The number of sulfonamides is 1. The molecular formula is C13H16N2O2S2. The van der Waals surface area contributed by atoms with Crippen molar-refractivity contribution in [1.29, 1.82) is 0 Å². The second kappa shape index (κ2) is 5.73. The van der Waals surface area contributed by atoms with Crippen molar-refractivity contribution < 1.29 is 8.42 Å². The van der Waals surface area contributed by atoms with Crippen LogP contribution >= 0.6 is 11.3 Å². The Labute approximate surface area is 117 Å². The molecule has 0 saturated carbocycles. The standard InChI is InChI=1S/C13H16N2O2S2/c1-2-10-5-3-4-6-13(10)15-19(16,17)12-7-11(8-14)18-9-12/h3-7,9,15H,2,8,14H2,1H3. The van der Waals surface area contributed by atoms with Gasteiger partial charge in [-0.3, -0.25) is 4.72 Å². The number of thiophene rings is 1. The Morgan fingerprint density at radius 2 is 2.05 bits per heavy atom. The van der Waals surface area contributed by atoms with Crippen LogP contribution in [-0.4, -0.2) is 8.42 Å². The number of benzene rings is 1. The minimum absolute atomic E-state index is 0.267. The highest BCUT2D eigenvalue weighted by molar-refractivity contribution is 7.92. The summed E-state index contributed by atoms with van der Waals surface area (Å²) >= 11 is 1.35. The lowest BCUT2D eigenvalue weighted by molar-refractivity contribution is 0.601. The van der Waals surface area contributed by atoms with Crippen molar-refractivity contribution in [3.05, 3.63) is 46.2 Å².